The first-order valence-corrected chi connectivity index (χ1v) is 5.27. The number of carbonyl (C=O) groups excluding carboxylic acids is 1. The summed E-state index contributed by atoms with van der Waals surface area (Å²) in [5.74, 6) is 0. The smallest absolute Gasteiger partial charge is 0.151 e. The zero-order valence-electron chi connectivity index (χ0n) is 9.15. The normalized spacial score (nSPS) is 12.1. The second-order valence-electron chi connectivity index (χ2n) is 3.71. The molecule has 0 bridgehead atoms. The Labute approximate surface area is 99.0 Å². The molecule has 0 aliphatic heterocycles. The fourth-order valence-electron chi connectivity index (χ4n) is 1.52. The van der Waals surface area contributed by atoms with E-state index < -0.39 is 6.10 Å². The number of pyridine rings is 2. The average Bonchev–Trinajstić information content (AvgIpc) is 2.40. The van der Waals surface area contributed by atoms with Gasteiger partial charge in [0.25, 0.3) is 0 Å². The van der Waals surface area contributed by atoms with Gasteiger partial charge < -0.3 is 5.11 Å². The van der Waals surface area contributed by atoms with Crippen LogP contribution in [0.4, 0.5) is 0 Å². The Morgan fingerprint density at radius 2 is 2.18 bits per heavy atom. The van der Waals surface area contributed by atoms with Crippen molar-refractivity contribution in [1.82, 2.24) is 9.97 Å². The van der Waals surface area contributed by atoms with E-state index in [0.717, 1.165) is 17.5 Å². The Morgan fingerprint density at radius 3 is 2.76 bits per heavy atom. The van der Waals surface area contributed by atoms with Crippen LogP contribution in [-0.4, -0.2) is 21.4 Å². The first-order valence-electron chi connectivity index (χ1n) is 5.27. The van der Waals surface area contributed by atoms with E-state index in [1.54, 1.807) is 30.6 Å². The van der Waals surface area contributed by atoms with Crippen molar-refractivity contribution in [3.05, 3.63) is 59.7 Å². The number of aldehydes is 1. The summed E-state index contributed by atoms with van der Waals surface area (Å²) in [4.78, 5) is 18.5. The minimum absolute atomic E-state index is 0.408. The van der Waals surface area contributed by atoms with Crippen LogP contribution in [0.15, 0.2) is 42.9 Å². The van der Waals surface area contributed by atoms with Crippen molar-refractivity contribution in [2.75, 3.05) is 0 Å². The van der Waals surface area contributed by atoms with E-state index in [9.17, 15) is 9.90 Å². The highest BCUT2D eigenvalue weighted by Crippen LogP contribution is 2.15. The molecule has 0 aliphatic carbocycles. The maximum atomic E-state index is 10.5. The molecule has 0 amide bonds. The molecule has 4 heteroatoms. The highest BCUT2D eigenvalue weighted by Gasteiger charge is 2.09. The van der Waals surface area contributed by atoms with Crippen LogP contribution >= 0.6 is 0 Å². The third kappa shape index (κ3) is 2.95. The quantitative estimate of drug-likeness (QED) is 0.807. The summed E-state index contributed by atoms with van der Waals surface area (Å²) < 4.78 is 0. The zero-order chi connectivity index (χ0) is 12.1. The summed E-state index contributed by atoms with van der Waals surface area (Å²) in [6, 6.07) is 7.02. The molecule has 0 spiro atoms. The molecule has 0 saturated heterocycles. The van der Waals surface area contributed by atoms with E-state index in [2.05, 4.69) is 9.97 Å². The van der Waals surface area contributed by atoms with E-state index in [0.29, 0.717) is 12.0 Å². The lowest BCUT2D eigenvalue weighted by molar-refractivity contribution is 0.112. The standard InChI is InChI=1S/C13H12N2O2/c16-9-10-3-4-12(15-7-10)6-13(17)11-2-1-5-14-8-11/h1-5,7-9,13,17H,6H2. The molecule has 86 valence electrons. The number of hydrogen-bond donors (Lipinski definition) is 1. The molecule has 0 radical (unpaired) electrons. The molecule has 0 saturated carbocycles. The highest BCUT2D eigenvalue weighted by molar-refractivity contribution is 5.73. The van der Waals surface area contributed by atoms with E-state index in [1.807, 2.05) is 6.07 Å². The zero-order valence-corrected chi connectivity index (χ0v) is 9.15. The Balaban J connectivity index is 2.07. The average molecular weight is 228 g/mol. The molecule has 4 nitrogen and oxygen atoms in total. The lowest BCUT2D eigenvalue weighted by Crippen LogP contribution is -2.03. The van der Waals surface area contributed by atoms with E-state index >= 15 is 0 Å². The molecular weight excluding hydrogens is 216 g/mol. The van der Waals surface area contributed by atoms with Crippen molar-refractivity contribution in [3.63, 3.8) is 0 Å². The molecule has 1 N–H and O–H groups in total. The number of hydrogen-bond acceptors (Lipinski definition) is 4. The van der Waals surface area contributed by atoms with Crippen molar-refractivity contribution in [2.45, 2.75) is 12.5 Å². The molecule has 0 aliphatic rings. The summed E-state index contributed by atoms with van der Waals surface area (Å²) in [7, 11) is 0. The Hall–Kier alpha value is -2.07. The van der Waals surface area contributed by atoms with Crippen molar-refractivity contribution in [1.29, 1.82) is 0 Å². The highest BCUT2D eigenvalue weighted by atomic mass is 16.3. The monoisotopic (exact) mass is 228 g/mol. The van der Waals surface area contributed by atoms with Crippen LogP contribution in [0.1, 0.15) is 27.7 Å². The molecule has 1 atom stereocenters. The molecular formula is C13H12N2O2. The maximum absolute atomic E-state index is 10.5. The first kappa shape index (κ1) is 11.4. The molecule has 2 aromatic heterocycles. The summed E-state index contributed by atoms with van der Waals surface area (Å²) >= 11 is 0. The molecule has 0 aromatic carbocycles. The summed E-state index contributed by atoms with van der Waals surface area (Å²) in [5, 5.41) is 9.95. The van der Waals surface area contributed by atoms with Crippen molar-refractivity contribution >= 4 is 6.29 Å². The number of aliphatic hydroxyl groups excluding tert-OH is 1. The van der Waals surface area contributed by atoms with Gasteiger partial charge in [-0.05, 0) is 23.8 Å². The van der Waals surface area contributed by atoms with E-state index in [4.69, 9.17) is 0 Å². The van der Waals surface area contributed by atoms with Gasteiger partial charge in [0.05, 0.1) is 6.10 Å². The van der Waals surface area contributed by atoms with Gasteiger partial charge in [0, 0.05) is 36.3 Å². The van der Waals surface area contributed by atoms with Crippen molar-refractivity contribution in [2.24, 2.45) is 0 Å². The Morgan fingerprint density at radius 1 is 1.29 bits per heavy atom. The largest absolute Gasteiger partial charge is 0.388 e. The van der Waals surface area contributed by atoms with Crippen molar-refractivity contribution < 1.29 is 9.90 Å². The molecule has 2 aromatic rings. The SMILES string of the molecule is O=Cc1ccc(CC(O)c2cccnc2)nc1. The van der Waals surface area contributed by atoms with Gasteiger partial charge in [-0.3, -0.25) is 14.8 Å². The van der Waals surface area contributed by atoms with Crippen LogP contribution < -0.4 is 0 Å². The van der Waals surface area contributed by atoms with Gasteiger partial charge in [0.1, 0.15) is 0 Å². The lowest BCUT2D eigenvalue weighted by atomic mass is 10.1. The predicted molar refractivity (Wildman–Crippen MR) is 62.5 cm³/mol. The minimum atomic E-state index is -0.627. The van der Waals surface area contributed by atoms with Gasteiger partial charge in [-0.1, -0.05) is 6.07 Å². The van der Waals surface area contributed by atoms with E-state index in [1.165, 1.54) is 6.20 Å². The van der Waals surface area contributed by atoms with Gasteiger partial charge in [-0.2, -0.15) is 0 Å². The number of aliphatic hydroxyl groups is 1. The third-order valence-electron chi connectivity index (χ3n) is 2.46. The fraction of sp³-hybridized carbons (Fsp3) is 0.154. The van der Waals surface area contributed by atoms with Crippen LogP contribution in [0.3, 0.4) is 0 Å². The van der Waals surface area contributed by atoms with Gasteiger partial charge in [0.2, 0.25) is 0 Å². The molecule has 0 fully saturated rings. The number of nitrogens with zero attached hydrogens (tertiary/aromatic N) is 2. The van der Waals surface area contributed by atoms with E-state index in [-0.39, 0.29) is 0 Å². The second-order valence-corrected chi connectivity index (χ2v) is 3.71. The molecule has 2 rings (SSSR count). The van der Waals surface area contributed by atoms with Crippen LogP contribution in [0.25, 0.3) is 0 Å². The summed E-state index contributed by atoms with van der Waals surface area (Å²) in [6.07, 6.45) is 5.31. The maximum Gasteiger partial charge on any atom is 0.151 e. The third-order valence-corrected chi connectivity index (χ3v) is 2.46. The number of aromatic nitrogens is 2. The van der Waals surface area contributed by atoms with Crippen LogP contribution in [-0.2, 0) is 6.42 Å². The molecule has 2 heterocycles. The first-order chi connectivity index (χ1) is 8.29. The fourth-order valence-corrected chi connectivity index (χ4v) is 1.52. The van der Waals surface area contributed by atoms with Gasteiger partial charge in [-0.15, -0.1) is 0 Å². The predicted octanol–water partition coefficient (Wildman–Crippen LogP) is 1.57. The molecule has 17 heavy (non-hydrogen) atoms. The Kier molecular flexibility index (Phi) is 3.57. The van der Waals surface area contributed by atoms with Crippen LogP contribution in [0.5, 0.6) is 0 Å². The second kappa shape index (κ2) is 5.32. The van der Waals surface area contributed by atoms with Gasteiger partial charge in [-0.25, -0.2) is 0 Å². The van der Waals surface area contributed by atoms with Gasteiger partial charge >= 0.3 is 0 Å². The molecule has 1 unspecified atom stereocenters. The number of carbonyl (C=O) groups is 1. The summed E-state index contributed by atoms with van der Waals surface area (Å²) in [5.41, 5.74) is 2.03. The summed E-state index contributed by atoms with van der Waals surface area (Å²) in [6.45, 7) is 0. The lowest BCUT2D eigenvalue weighted by Gasteiger charge is -2.09. The Bertz CT molecular complexity index is 483. The van der Waals surface area contributed by atoms with Crippen LogP contribution in [0.2, 0.25) is 0 Å². The van der Waals surface area contributed by atoms with Gasteiger partial charge in [0.15, 0.2) is 6.29 Å². The van der Waals surface area contributed by atoms with Crippen LogP contribution in [0, 0.1) is 0 Å². The minimum Gasteiger partial charge on any atom is -0.388 e. The number of rotatable bonds is 4. The van der Waals surface area contributed by atoms with Crippen molar-refractivity contribution in [3.8, 4) is 0 Å². The topological polar surface area (TPSA) is 63.1 Å².